The van der Waals surface area contributed by atoms with Gasteiger partial charge in [-0.25, -0.2) is 4.98 Å². The minimum absolute atomic E-state index is 0.00868. The lowest BCUT2D eigenvalue weighted by atomic mass is 10.0. The van der Waals surface area contributed by atoms with Gasteiger partial charge in [-0.2, -0.15) is 0 Å². The summed E-state index contributed by atoms with van der Waals surface area (Å²) >= 11 is 1.65. The van der Waals surface area contributed by atoms with Crippen molar-refractivity contribution in [2.45, 2.75) is 18.9 Å². The molecule has 0 unspecified atom stereocenters. The van der Waals surface area contributed by atoms with Gasteiger partial charge in [-0.05, 0) is 49.2 Å². The number of likely N-dealkylation sites (tertiary alicyclic amines) is 1. The highest BCUT2D eigenvalue weighted by atomic mass is 32.1. The van der Waals surface area contributed by atoms with E-state index in [9.17, 15) is 9.59 Å². The third-order valence-corrected chi connectivity index (χ3v) is 6.82. The number of hydrogen-bond donors (Lipinski definition) is 0. The second kappa shape index (κ2) is 8.93. The molecule has 160 valence electrons. The van der Waals surface area contributed by atoms with Crippen molar-refractivity contribution in [1.29, 1.82) is 0 Å². The van der Waals surface area contributed by atoms with E-state index in [1.807, 2.05) is 41.3 Å². The zero-order chi connectivity index (χ0) is 21.9. The predicted octanol–water partition coefficient (Wildman–Crippen LogP) is 5.27. The first kappa shape index (κ1) is 20.4. The zero-order valence-corrected chi connectivity index (χ0v) is 18.3. The molecule has 32 heavy (non-hydrogen) atoms. The number of carbonyl (C=O) groups is 2. The molecule has 1 aliphatic rings. The highest BCUT2D eigenvalue weighted by Crippen LogP contribution is 2.36. The molecule has 0 aliphatic carbocycles. The van der Waals surface area contributed by atoms with Crippen LogP contribution in [-0.2, 0) is 4.79 Å². The van der Waals surface area contributed by atoms with Gasteiger partial charge in [-0.3, -0.25) is 9.59 Å². The maximum absolute atomic E-state index is 12.9. The van der Waals surface area contributed by atoms with Crippen LogP contribution in [-0.4, -0.2) is 34.7 Å². The average molecular weight is 443 g/mol. The first-order valence-corrected chi connectivity index (χ1v) is 11.5. The molecule has 6 heteroatoms. The fourth-order valence-corrected chi connectivity index (χ4v) is 5.16. The van der Waals surface area contributed by atoms with Gasteiger partial charge in [-0.15, -0.1) is 11.3 Å². The summed E-state index contributed by atoms with van der Waals surface area (Å²) in [6.07, 6.45) is 1.88. The van der Waals surface area contributed by atoms with Crippen LogP contribution in [0.5, 0.6) is 5.75 Å². The van der Waals surface area contributed by atoms with Gasteiger partial charge in [0, 0.05) is 17.7 Å². The van der Waals surface area contributed by atoms with Gasteiger partial charge in [0.15, 0.2) is 12.4 Å². The number of benzene rings is 3. The summed E-state index contributed by atoms with van der Waals surface area (Å²) in [4.78, 5) is 32.1. The van der Waals surface area contributed by atoms with Crippen molar-refractivity contribution >= 4 is 33.2 Å². The normalized spacial score (nSPS) is 15.8. The highest BCUT2D eigenvalue weighted by Gasteiger charge is 2.32. The lowest BCUT2D eigenvalue weighted by Gasteiger charge is -2.23. The van der Waals surface area contributed by atoms with Crippen molar-refractivity contribution in [3.8, 4) is 5.75 Å². The molecule has 4 aromatic rings. The van der Waals surface area contributed by atoms with E-state index in [0.717, 1.165) is 28.1 Å². The lowest BCUT2D eigenvalue weighted by Crippen LogP contribution is -2.34. The maximum Gasteiger partial charge on any atom is 0.261 e. The number of ether oxygens (including phenoxy) is 1. The molecular weight excluding hydrogens is 420 g/mol. The van der Waals surface area contributed by atoms with Crippen LogP contribution in [0.2, 0.25) is 0 Å². The summed E-state index contributed by atoms with van der Waals surface area (Å²) in [5.41, 5.74) is 2.21. The number of thiazole rings is 1. The number of ketones is 1. The van der Waals surface area contributed by atoms with Crippen molar-refractivity contribution in [2.75, 3.05) is 13.2 Å². The SMILES string of the molecule is O=C(c1ccccc1)c1ccc(OCC(=O)N2CCC[C@H]2c2nc3ccccc3s2)cc1. The molecule has 3 aromatic carbocycles. The molecule has 1 aliphatic heterocycles. The van der Waals surface area contributed by atoms with Crippen molar-refractivity contribution in [2.24, 2.45) is 0 Å². The summed E-state index contributed by atoms with van der Waals surface area (Å²) < 4.78 is 6.89. The summed E-state index contributed by atoms with van der Waals surface area (Å²) in [6.45, 7) is 0.681. The largest absolute Gasteiger partial charge is 0.484 e. The summed E-state index contributed by atoms with van der Waals surface area (Å²) in [5.74, 6) is 0.485. The topological polar surface area (TPSA) is 59.5 Å². The molecular formula is C26H22N2O3S. The first-order chi connectivity index (χ1) is 15.7. The number of hydrogen-bond acceptors (Lipinski definition) is 5. The van der Waals surface area contributed by atoms with Gasteiger partial charge in [0.2, 0.25) is 0 Å². The van der Waals surface area contributed by atoms with Crippen LogP contribution < -0.4 is 4.74 Å². The number of fused-ring (bicyclic) bond motifs is 1. The van der Waals surface area contributed by atoms with E-state index in [1.165, 1.54) is 0 Å². The van der Waals surface area contributed by atoms with Gasteiger partial charge >= 0.3 is 0 Å². The van der Waals surface area contributed by atoms with Gasteiger partial charge in [0.1, 0.15) is 10.8 Å². The fourth-order valence-electron chi connectivity index (χ4n) is 4.04. The molecule has 1 aromatic heterocycles. The molecule has 0 radical (unpaired) electrons. The monoisotopic (exact) mass is 442 g/mol. The Kier molecular flexibility index (Phi) is 5.69. The molecule has 1 atom stereocenters. The first-order valence-electron chi connectivity index (χ1n) is 10.7. The molecule has 5 rings (SSSR count). The maximum atomic E-state index is 12.9. The molecule has 0 spiro atoms. The van der Waals surface area contributed by atoms with E-state index in [0.29, 0.717) is 23.4 Å². The van der Waals surface area contributed by atoms with Crippen molar-refractivity contribution in [3.63, 3.8) is 0 Å². The van der Waals surface area contributed by atoms with Crippen LogP contribution >= 0.6 is 11.3 Å². The van der Waals surface area contributed by atoms with Crippen molar-refractivity contribution in [1.82, 2.24) is 9.88 Å². The lowest BCUT2D eigenvalue weighted by molar-refractivity contribution is -0.134. The molecule has 0 N–H and O–H groups in total. The van der Waals surface area contributed by atoms with E-state index in [1.54, 1.807) is 47.7 Å². The number of aromatic nitrogens is 1. The molecule has 2 heterocycles. The minimum Gasteiger partial charge on any atom is -0.484 e. The van der Waals surface area contributed by atoms with Gasteiger partial charge < -0.3 is 9.64 Å². The van der Waals surface area contributed by atoms with Crippen LogP contribution in [0.1, 0.15) is 39.8 Å². The fraction of sp³-hybridized carbons (Fsp3) is 0.192. The van der Waals surface area contributed by atoms with Crippen LogP contribution in [0.4, 0.5) is 0 Å². The van der Waals surface area contributed by atoms with Crippen LogP contribution in [0.3, 0.4) is 0 Å². The van der Waals surface area contributed by atoms with Gasteiger partial charge in [0.05, 0.1) is 16.3 Å². The van der Waals surface area contributed by atoms with E-state index in [4.69, 9.17) is 9.72 Å². The minimum atomic E-state index is -0.0452. The van der Waals surface area contributed by atoms with Gasteiger partial charge in [0.25, 0.3) is 5.91 Å². The van der Waals surface area contributed by atoms with E-state index >= 15 is 0 Å². The summed E-state index contributed by atoms with van der Waals surface area (Å²) in [5, 5.41) is 0.987. The third kappa shape index (κ3) is 4.14. The summed E-state index contributed by atoms with van der Waals surface area (Å²) in [7, 11) is 0. The number of rotatable bonds is 6. The van der Waals surface area contributed by atoms with Crippen molar-refractivity contribution in [3.05, 3.63) is 95.0 Å². The third-order valence-electron chi connectivity index (χ3n) is 5.68. The quantitative estimate of drug-likeness (QED) is 0.382. The molecule has 0 saturated carbocycles. The van der Waals surface area contributed by atoms with Gasteiger partial charge in [-0.1, -0.05) is 42.5 Å². The van der Waals surface area contributed by atoms with E-state index < -0.39 is 0 Å². The number of carbonyl (C=O) groups excluding carboxylic acids is 2. The standard InChI is InChI=1S/C26H22N2O3S/c29-24(28-16-6-10-22(28)26-27-21-9-4-5-11-23(21)32-26)17-31-20-14-12-19(13-15-20)25(30)18-7-2-1-3-8-18/h1-5,7-9,11-15,22H,6,10,16-17H2/t22-/m0/s1. The average Bonchev–Trinajstić information content (AvgIpc) is 3.50. The van der Waals surface area contributed by atoms with Crippen LogP contribution in [0, 0.1) is 0 Å². The second-order valence-electron chi connectivity index (χ2n) is 7.77. The second-order valence-corrected chi connectivity index (χ2v) is 8.84. The number of nitrogens with zero attached hydrogens (tertiary/aromatic N) is 2. The van der Waals surface area contributed by atoms with Crippen LogP contribution in [0.15, 0.2) is 78.9 Å². The Morgan fingerprint density at radius 1 is 0.938 bits per heavy atom. The van der Waals surface area contributed by atoms with Crippen molar-refractivity contribution < 1.29 is 14.3 Å². The van der Waals surface area contributed by atoms with E-state index in [2.05, 4.69) is 6.07 Å². The predicted molar refractivity (Wildman–Crippen MR) is 125 cm³/mol. The molecule has 1 amide bonds. The molecule has 0 bridgehead atoms. The smallest absolute Gasteiger partial charge is 0.261 e. The Labute approximate surface area is 190 Å². The molecule has 1 fully saturated rings. The Hall–Kier alpha value is -3.51. The molecule has 1 saturated heterocycles. The Morgan fingerprint density at radius 3 is 2.44 bits per heavy atom. The molecule has 5 nitrogen and oxygen atoms in total. The van der Waals surface area contributed by atoms with Crippen LogP contribution in [0.25, 0.3) is 10.2 Å². The number of amides is 1. The Morgan fingerprint density at radius 2 is 1.66 bits per heavy atom. The zero-order valence-electron chi connectivity index (χ0n) is 17.4. The highest BCUT2D eigenvalue weighted by molar-refractivity contribution is 7.18. The number of para-hydroxylation sites is 1. The van der Waals surface area contributed by atoms with E-state index in [-0.39, 0.29) is 24.3 Å². The Balaban J connectivity index is 1.22. The Bertz CT molecular complexity index is 1220. The summed E-state index contributed by atoms with van der Waals surface area (Å²) in [6, 6.07) is 24.2.